The van der Waals surface area contributed by atoms with Gasteiger partial charge in [-0.3, -0.25) is 13.9 Å². The van der Waals surface area contributed by atoms with Crippen molar-refractivity contribution in [2.75, 3.05) is 10.8 Å². The topological polar surface area (TPSA) is 86.8 Å². The summed E-state index contributed by atoms with van der Waals surface area (Å²) in [6.07, 6.45) is 0.727. The van der Waals surface area contributed by atoms with Gasteiger partial charge >= 0.3 is 0 Å². The van der Waals surface area contributed by atoms with Crippen LogP contribution in [0.2, 0.25) is 10.0 Å². The van der Waals surface area contributed by atoms with E-state index in [0.717, 1.165) is 21.9 Å². The minimum Gasteiger partial charge on any atom is -0.352 e. The molecule has 0 bridgehead atoms. The van der Waals surface area contributed by atoms with E-state index in [0.29, 0.717) is 0 Å². The molecule has 10 heteroatoms. The molecule has 0 saturated carbocycles. The van der Waals surface area contributed by atoms with Gasteiger partial charge in [0.25, 0.3) is 10.0 Å². The number of hydrogen-bond donors (Lipinski definition) is 1. The Kier molecular flexibility index (Phi) is 10.4. The average molecular weight is 591 g/mol. The second kappa shape index (κ2) is 13.3. The van der Waals surface area contributed by atoms with Gasteiger partial charge < -0.3 is 10.2 Å². The fourth-order valence-electron chi connectivity index (χ4n) is 3.91. The molecule has 0 aliphatic heterocycles. The van der Waals surface area contributed by atoms with E-state index in [1.165, 1.54) is 35.2 Å². The van der Waals surface area contributed by atoms with Gasteiger partial charge in [0.1, 0.15) is 12.6 Å². The van der Waals surface area contributed by atoms with Crippen LogP contribution in [0.3, 0.4) is 0 Å². The van der Waals surface area contributed by atoms with Gasteiger partial charge in [-0.1, -0.05) is 72.6 Å². The molecule has 0 radical (unpaired) electrons. The van der Waals surface area contributed by atoms with E-state index in [1.807, 2.05) is 45.0 Å². The monoisotopic (exact) mass is 589 g/mol. The molecule has 0 aromatic heterocycles. The van der Waals surface area contributed by atoms with Crippen molar-refractivity contribution in [1.29, 1.82) is 0 Å². The van der Waals surface area contributed by atoms with Gasteiger partial charge in [-0.2, -0.15) is 0 Å². The van der Waals surface area contributed by atoms with Gasteiger partial charge in [0.15, 0.2) is 0 Å². The summed E-state index contributed by atoms with van der Waals surface area (Å²) in [6.45, 7) is 6.97. The molecule has 7 nitrogen and oxygen atoms in total. The van der Waals surface area contributed by atoms with Crippen LogP contribution in [0.4, 0.5) is 5.69 Å². The van der Waals surface area contributed by atoms with Gasteiger partial charge in [-0.05, 0) is 68.7 Å². The van der Waals surface area contributed by atoms with E-state index < -0.39 is 28.5 Å². The van der Waals surface area contributed by atoms with Crippen molar-refractivity contribution in [3.8, 4) is 0 Å². The summed E-state index contributed by atoms with van der Waals surface area (Å²) in [7, 11) is -4.18. The molecule has 208 valence electrons. The van der Waals surface area contributed by atoms with Crippen LogP contribution in [-0.4, -0.2) is 43.8 Å². The molecule has 2 atom stereocenters. The maximum atomic E-state index is 14.0. The normalized spacial score (nSPS) is 12.9. The Morgan fingerprint density at radius 1 is 0.923 bits per heavy atom. The Labute approximate surface area is 240 Å². The molecule has 3 aromatic carbocycles. The Balaban J connectivity index is 2.05. The van der Waals surface area contributed by atoms with Gasteiger partial charge in [-0.25, -0.2) is 8.42 Å². The Morgan fingerprint density at radius 2 is 1.56 bits per heavy atom. The van der Waals surface area contributed by atoms with Crippen molar-refractivity contribution >= 4 is 50.7 Å². The van der Waals surface area contributed by atoms with Crippen LogP contribution >= 0.6 is 23.2 Å². The first-order chi connectivity index (χ1) is 18.4. The maximum Gasteiger partial charge on any atom is 0.264 e. The molecule has 3 rings (SSSR count). The van der Waals surface area contributed by atoms with Crippen LogP contribution in [0, 0.1) is 6.92 Å². The van der Waals surface area contributed by atoms with E-state index in [9.17, 15) is 18.0 Å². The molecular formula is C29H33Cl2N3O4S. The summed E-state index contributed by atoms with van der Waals surface area (Å²) in [6, 6.07) is 18.8. The SMILES string of the molecule is CC[C@H](C)NC(=O)[C@H](C)N(Cc1ccccc1C)C(=O)CN(c1ccc(Cl)c(Cl)c1)S(=O)(=O)c1ccccc1. The molecule has 3 aromatic rings. The molecule has 0 saturated heterocycles. The first kappa shape index (κ1) is 30.5. The second-order valence-corrected chi connectivity index (χ2v) is 12.0. The number of benzene rings is 3. The number of carbonyl (C=O) groups excluding carboxylic acids is 2. The number of halogens is 2. The van der Waals surface area contributed by atoms with E-state index >= 15 is 0 Å². The lowest BCUT2D eigenvalue weighted by molar-refractivity contribution is -0.139. The molecule has 0 fully saturated rings. The third kappa shape index (κ3) is 7.53. The first-order valence-electron chi connectivity index (χ1n) is 12.6. The van der Waals surface area contributed by atoms with Crippen LogP contribution in [0.5, 0.6) is 0 Å². The summed E-state index contributed by atoms with van der Waals surface area (Å²) in [5.41, 5.74) is 1.97. The predicted octanol–water partition coefficient (Wildman–Crippen LogP) is 5.83. The lowest BCUT2D eigenvalue weighted by atomic mass is 10.1. The number of carbonyl (C=O) groups is 2. The third-order valence-corrected chi connectivity index (χ3v) is 9.10. The van der Waals surface area contributed by atoms with Crippen molar-refractivity contribution < 1.29 is 18.0 Å². The lowest BCUT2D eigenvalue weighted by Crippen LogP contribution is -2.52. The van der Waals surface area contributed by atoms with E-state index in [-0.39, 0.29) is 39.1 Å². The van der Waals surface area contributed by atoms with Crippen LogP contribution in [0.1, 0.15) is 38.3 Å². The quantitative estimate of drug-likeness (QED) is 0.305. The number of aryl methyl sites for hydroxylation is 1. The van der Waals surface area contributed by atoms with E-state index in [4.69, 9.17) is 23.2 Å². The van der Waals surface area contributed by atoms with Crippen LogP contribution in [-0.2, 0) is 26.2 Å². The number of nitrogens with zero attached hydrogens (tertiary/aromatic N) is 2. The molecule has 39 heavy (non-hydrogen) atoms. The number of anilines is 1. The van der Waals surface area contributed by atoms with Crippen molar-refractivity contribution in [2.45, 2.75) is 57.6 Å². The summed E-state index contributed by atoms with van der Waals surface area (Å²) >= 11 is 12.3. The number of rotatable bonds is 11. The van der Waals surface area contributed by atoms with Crippen LogP contribution in [0.15, 0.2) is 77.7 Å². The minimum absolute atomic E-state index is 0.0110. The molecule has 0 heterocycles. The zero-order valence-corrected chi connectivity index (χ0v) is 24.7. The smallest absolute Gasteiger partial charge is 0.264 e. The Bertz CT molecular complexity index is 1420. The highest BCUT2D eigenvalue weighted by Crippen LogP contribution is 2.31. The summed E-state index contributed by atoms with van der Waals surface area (Å²) in [4.78, 5) is 28.5. The number of sulfonamides is 1. The van der Waals surface area contributed by atoms with E-state index in [2.05, 4.69) is 5.32 Å². The lowest BCUT2D eigenvalue weighted by Gasteiger charge is -2.32. The van der Waals surface area contributed by atoms with Crippen molar-refractivity contribution in [3.63, 3.8) is 0 Å². The maximum absolute atomic E-state index is 14.0. The van der Waals surface area contributed by atoms with Gasteiger partial charge in [0.05, 0.1) is 20.6 Å². The molecule has 2 amide bonds. The fourth-order valence-corrected chi connectivity index (χ4v) is 5.63. The van der Waals surface area contributed by atoms with Gasteiger partial charge in [-0.15, -0.1) is 0 Å². The zero-order chi connectivity index (χ0) is 28.7. The molecular weight excluding hydrogens is 557 g/mol. The average Bonchev–Trinajstić information content (AvgIpc) is 2.92. The van der Waals surface area contributed by atoms with Crippen LogP contribution in [0.25, 0.3) is 0 Å². The number of amides is 2. The number of nitrogens with one attached hydrogen (secondary N) is 1. The fraction of sp³-hybridized carbons (Fsp3) is 0.310. The predicted molar refractivity (Wildman–Crippen MR) is 157 cm³/mol. The molecule has 0 unspecified atom stereocenters. The van der Waals surface area contributed by atoms with Crippen molar-refractivity contribution in [3.05, 3.63) is 94.0 Å². The molecule has 0 aliphatic carbocycles. The summed E-state index contributed by atoms with van der Waals surface area (Å²) in [5, 5.41) is 3.32. The molecule has 0 spiro atoms. The Hall–Kier alpha value is -3.07. The van der Waals surface area contributed by atoms with E-state index in [1.54, 1.807) is 25.1 Å². The molecule has 1 N–H and O–H groups in total. The highest BCUT2D eigenvalue weighted by atomic mass is 35.5. The summed E-state index contributed by atoms with van der Waals surface area (Å²) < 4.78 is 28.6. The third-order valence-electron chi connectivity index (χ3n) is 6.57. The van der Waals surface area contributed by atoms with Crippen LogP contribution < -0.4 is 9.62 Å². The largest absolute Gasteiger partial charge is 0.352 e. The zero-order valence-electron chi connectivity index (χ0n) is 22.4. The molecule has 0 aliphatic rings. The van der Waals surface area contributed by atoms with Crippen molar-refractivity contribution in [2.24, 2.45) is 0 Å². The number of hydrogen-bond acceptors (Lipinski definition) is 4. The first-order valence-corrected chi connectivity index (χ1v) is 14.8. The highest BCUT2D eigenvalue weighted by molar-refractivity contribution is 7.92. The van der Waals surface area contributed by atoms with Gasteiger partial charge in [0, 0.05) is 12.6 Å². The Morgan fingerprint density at radius 3 is 2.18 bits per heavy atom. The van der Waals surface area contributed by atoms with Crippen molar-refractivity contribution in [1.82, 2.24) is 10.2 Å². The highest BCUT2D eigenvalue weighted by Gasteiger charge is 2.33. The standard InChI is InChI=1S/C29H33Cl2N3O4S/c1-5-21(3)32-29(36)22(4)33(18-23-12-10-9-11-20(23)2)28(35)19-34(24-15-16-26(30)27(31)17-24)39(37,38)25-13-7-6-8-14-25/h6-17,21-22H,5,18-19H2,1-4H3,(H,32,36)/t21-,22-/m0/s1. The van der Waals surface area contributed by atoms with Gasteiger partial charge in [0.2, 0.25) is 11.8 Å². The summed E-state index contributed by atoms with van der Waals surface area (Å²) in [5.74, 6) is -0.867. The second-order valence-electron chi connectivity index (χ2n) is 9.37. The minimum atomic E-state index is -4.18.